The highest BCUT2D eigenvalue weighted by Crippen LogP contribution is 1.99. The molecule has 3 nitrogen and oxygen atoms in total. The molecule has 0 aromatic rings. The van der Waals surface area contributed by atoms with Crippen LogP contribution >= 0.6 is 0 Å². The van der Waals surface area contributed by atoms with E-state index in [1.807, 2.05) is 27.7 Å². The minimum atomic E-state index is -1.08. The van der Waals surface area contributed by atoms with Gasteiger partial charge in [0.2, 0.25) is 0 Å². The van der Waals surface area contributed by atoms with Crippen LogP contribution in [0.15, 0.2) is 0 Å². The number of ether oxygens (including phenoxy) is 2. The average Bonchev–Trinajstić information content (AvgIpc) is 1.58. The molecule has 0 aliphatic heterocycles. The third kappa shape index (κ3) is 6.01. The van der Waals surface area contributed by atoms with E-state index in [9.17, 15) is 0 Å². The highest BCUT2D eigenvalue weighted by atomic mass is 16.8. The number of aliphatic hydroxyl groups is 1. The standard InChI is InChI=1S/C7H16O3/c1-5(2)9-7(8)10-6(3)4/h5-8H,1-4H3. The third-order valence-electron chi connectivity index (χ3n) is 0.777. The molecule has 0 atom stereocenters. The maximum absolute atomic E-state index is 8.95. The zero-order valence-electron chi connectivity index (χ0n) is 7.00. The van der Waals surface area contributed by atoms with Gasteiger partial charge in [-0.15, -0.1) is 0 Å². The average molecular weight is 148 g/mol. The van der Waals surface area contributed by atoms with Crippen molar-refractivity contribution in [2.75, 3.05) is 0 Å². The van der Waals surface area contributed by atoms with Crippen LogP contribution in [0.5, 0.6) is 0 Å². The van der Waals surface area contributed by atoms with E-state index < -0.39 is 6.48 Å². The van der Waals surface area contributed by atoms with E-state index in [4.69, 9.17) is 14.6 Å². The van der Waals surface area contributed by atoms with Gasteiger partial charge >= 0.3 is 0 Å². The van der Waals surface area contributed by atoms with Gasteiger partial charge in [0.05, 0.1) is 12.2 Å². The largest absolute Gasteiger partial charge is 0.346 e. The van der Waals surface area contributed by atoms with Crippen LogP contribution in [0.3, 0.4) is 0 Å². The molecule has 3 heteroatoms. The molecule has 0 amide bonds. The number of rotatable bonds is 4. The Bertz CT molecular complexity index is 70.9. The summed E-state index contributed by atoms with van der Waals surface area (Å²) in [5, 5.41) is 8.95. The molecule has 0 saturated carbocycles. The lowest BCUT2D eigenvalue weighted by molar-refractivity contribution is -0.289. The zero-order chi connectivity index (χ0) is 8.15. The second-order valence-corrected chi connectivity index (χ2v) is 2.68. The van der Waals surface area contributed by atoms with E-state index >= 15 is 0 Å². The summed E-state index contributed by atoms with van der Waals surface area (Å²) in [6.45, 7) is 6.28. The Labute approximate surface area is 62.0 Å². The van der Waals surface area contributed by atoms with Gasteiger partial charge in [-0.2, -0.15) is 0 Å². The van der Waals surface area contributed by atoms with E-state index in [0.29, 0.717) is 0 Å². The van der Waals surface area contributed by atoms with Crippen molar-refractivity contribution in [2.45, 2.75) is 46.4 Å². The van der Waals surface area contributed by atoms with Crippen molar-refractivity contribution >= 4 is 0 Å². The van der Waals surface area contributed by atoms with Gasteiger partial charge in [-0.3, -0.25) is 0 Å². The van der Waals surface area contributed by atoms with E-state index in [2.05, 4.69) is 0 Å². The summed E-state index contributed by atoms with van der Waals surface area (Å²) in [4.78, 5) is 0. The predicted octanol–water partition coefficient (Wildman–Crippen LogP) is 1.11. The van der Waals surface area contributed by atoms with Crippen molar-refractivity contribution in [2.24, 2.45) is 0 Å². The molecule has 0 spiro atoms. The molecule has 0 radical (unpaired) electrons. The fraction of sp³-hybridized carbons (Fsp3) is 1.00. The maximum atomic E-state index is 8.95. The van der Waals surface area contributed by atoms with Gasteiger partial charge in [-0.1, -0.05) is 0 Å². The normalized spacial score (nSPS) is 12.0. The lowest BCUT2D eigenvalue weighted by Gasteiger charge is -2.16. The van der Waals surface area contributed by atoms with Crippen LogP contribution in [0.4, 0.5) is 0 Å². The van der Waals surface area contributed by atoms with Gasteiger partial charge in [0, 0.05) is 0 Å². The minimum Gasteiger partial charge on any atom is -0.346 e. The lowest BCUT2D eigenvalue weighted by atomic mass is 10.5. The molecule has 0 unspecified atom stereocenters. The second-order valence-electron chi connectivity index (χ2n) is 2.68. The maximum Gasteiger partial charge on any atom is 0.269 e. The summed E-state index contributed by atoms with van der Waals surface area (Å²) in [5.74, 6) is 0. The van der Waals surface area contributed by atoms with Crippen LogP contribution in [0, 0.1) is 0 Å². The van der Waals surface area contributed by atoms with E-state index in [-0.39, 0.29) is 12.2 Å². The first-order valence-corrected chi connectivity index (χ1v) is 3.51. The Morgan fingerprint density at radius 3 is 1.40 bits per heavy atom. The quantitative estimate of drug-likeness (QED) is 0.607. The topological polar surface area (TPSA) is 38.7 Å². The molecule has 0 bridgehead atoms. The van der Waals surface area contributed by atoms with E-state index in [1.54, 1.807) is 0 Å². The number of aliphatic hydroxyl groups excluding tert-OH is 1. The summed E-state index contributed by atoms with van der Waals surface area (Å²) in [5.41, 5.74) is 0. The van der Waals surface area contributed by atoms with E-state index in [0.717, 1.165) is 0 Å². The highest BCUT2D eigenvalue weighted by Gasteiger charge is 2.07. The van der Waals surface area contributed by atoms with Gasteiger partial charge < -0.3 is 14.6 Å². The molecular weight excluding hydrogens is 132 g/mol. The summed E-state index contributed by atoms with van der Waals surface area (Å²) < 4.78 is 9.79. The molecular formula is C7H16O3. The van der Waals surface area contributed by atoms with Crippen molar-refractivity contribution in [3.05, 3.63) is 0 Å². The van der Waals surface area contributed by atoms with Crippen molar-refractivity contribution < 1.29 is 14.6 Å². The summed E-state index contributed by atoms with van der Waals surface area (Å²) in [6.07, 6.45) is -0.0116. The number of hydrogen-bond acceptors (Lipinski definition) is 3. The Kier molecular flexibility index (Phi) is 4.60. The fourth-order valence-corrected chi connectivity index (χ4v) is 0.498. The lowest BCUT2D eigenvalue weighted by Crippen LogP contribution is -2.23. The third-order valence-corrected chi connectivity index (χ3v) is 0.777. The van der Waals surface area contributed by atoms with Crippen LogP contribution in [-0.4, -0.2) is 23.8 Å². The first kappa shape index (κ1) is 9.88. The zero-order valence-corrected chi connectivity index (χ0v) is 7.00. The SMILES string of the molecule is CC(C)OC(O)OC(C)C. The summed E-state index contributed by atoms with van der Waals surface area (Å²) in [7, 11) is 0. The van der Waals surface area contributed by atoms with Crippen LogP contribution in [0.2, 0.25) is 0 Å². The Morgan fingerprint density at radius 2 is 1.20 bits per heavy atom. The summed E-state index contributed by atoms with van der Waals surface area (Å²) in [6, 6.07) is 0. The molecule has 62 valence electrons. The second kappa shape index (κ2) is 4.66. The van der Waals surface area contributed by atoms with Gasteiger partial charge in [-0.05, 0) is 27.7 Å². The highest BCUT2D eigenvalue weighted by molar-refractivity contribution is 4.37. The molecule has 10 heavy (non-hydrogen) atoms. The fourth-order valence-electron chi connectivity index (χ4n) is 0.498. The molecule has 0 aliphatic carbocycles. The predicted molar refractivity (Wildman–Crippen MR) is 38.4 cm³/mol. The van der Waals surface area contributed by atoms with Gasteiger partial charge in [0.25, 0.3) is 6.48 Å². The molecule has 0 heterocycles. The molecule has 0 saturated heterocycles. The van der Waals surface area contributed by atoms with Crippen molar-refractivity contribution in [3.8, 4) is 0 Å². The molecule has 1 N–H and O–H groups in total. The molecule has 0 rings (SSSR count). The summed E-state index contributed by atoms with van der Waals surface area (Å²) >= 11 is 0. The molecule has 0 aromatic carbocycles. The van der Waals surface area contributed by atoms with Crippen LogP contribution in [0.1, 0.15) is 27.7 Å². The van der Waals surface area contributed by atoms with Gasteiger partial charge in [0.1, 0.15) is 0 Å². The Hall–Kier alpha value is -0.120. The van der Waals surface area contributed by atoms with Crippen molar-refractivity contribution in [1.82, 2.24) is 0 Å². The van der Waals surface area contributed by atoms with Crippen molar-refractivity contribution in [1.29, 1.82) is 0 Å². The number of hydrogen-bond donors (Lipinski definition) is 1. The Balaban J connectivity index is 3.34. The van der Waals surface area contributed by atoms with Crippen molar-refractivity contribution in [3.63, 3.8) is 0 Å². The van der Waals surface area contributed by atoms with Crippen LogP contribution < -0.4 is 0 Å². The van der Waals surface area contributed by atoms with Crippen LogP contribution in [0.25, 0.3) is 0 Å². The first-order valence-electron chi connectivity index (χ1n) is 3.51. The molecule has 0 fully saturated rings. The van der Waals surface area contributed by atoms with Gasteiger partial charge in [-0.25, -0.2) is 0 Å². The smallest absolute Gasteiger partial charge is 0.269 e. The monoisotopic (exact) mass is 148 g/mol. The van der Waals surface area contributed by atoms with E-state index in [1.165, 1.54) is 0 Å². The minimum absolute atomic E-state index is 0.00579. The Morgan fingerprint density at radius 1 is 0.900 bits per heavy atom. The first-order chi connectivity index (χ1) is 4.52. The van der Waals surface area contributed by atoms with Gasteiger partial charge in [0.15, 0.2) is 0 Å². The van der Waals surface area contributed by atoms with Crippen LogP contribution in [-0.2, 0) is 9.47 Å². The molecule has 0 aliphatic rings. The molecule has 0 aromatic heterocycles.